The molecule has 1 aliphatic rings. The predicted octanol–water partition coefficient (Wildman–Crippen LogP) is 7.08. The fourth-order valence-corrected chi connectivity index (χ4v) is 4.61. The van der Waals surface area contributed by atoms with Crippen LogP contribution in [0, 0.1) is 5.92 Å². The van der Waals surface area contributed by atoms with E-state index in [9.17, 15) is 4.79 Å². The van der Waals surface area contributed by atoms with E-state index in [1.807, 2.05) is 39.1 Å². The third kappa shape index (κ3) is 5.27. The van der Waals surface area contributed by atoms with E-state index in [1.54, 1.807) is 7.11 Å². The second-order valence-corrected chi connectivity index (χ2v) is 9.93. The number of fused-ring (bicyclic) bond motifs is 1. The van der Waals surface area contributed by atoms with Gasteiger partial charge in [-0.05, 0) is 75.4 Å². The lowest BCUT2D eigenvalue weighted by atomic mass is 9.91. The number of methoxy groups -OCH3 is 1. The van der Waals surface area contributed by atoms with Crippen LogP contribution in [0.1, 0.15) is 58.1 Å². The van der Waals surface area contributed by atoms with Crippen molar-refractivity contribution in [2.45, 2.75) is 58.0 Å². The highest BCUT2D eigenvalue weighted by atomic mass is 16.6. The van der Waals surface area contributed by atoms with Crippen LogP contribution in [0.4, 0.5) is 0 Å². The van der Waals surface area contributed by atoms with Gasteiger partial charge in [-0.25, -0.2) is 0 Å². The SMILES string of the molecule is C=C1CCC(C(=O)OC(C)(C)C)CCC1c1ccc(-c2cc3ccccc3cc2OC)cn1. The number of pyridine rings is 1. The number of rotatable bonds is 4. The normalized spacial score (nSPS) is 19.2. The molecule has 172 valence electrons. The molecule has 0 spiro atoms. The average Bonchev–Trinajstić information content (AvgIpc) is 2.99. The summed E-state index contributed by atoms with van der Waals surface area (Å²) in [5.41, 5.74) is 3.74. The summed E-state index contributed by atoms with van der Waals surface area (Å²) in [6.45, 7) is 10.1. The van der Waals surface area contributed by atoms with Crippen molar-refractivity contribution in [3.05, 3.63) is 72.6 Å². The molecule has 1 aliphatic carbocycles. The number of hydrogen-bond donors (Lipinski definition) is 0. The van der Waals surface area contributed by atoms with Crippen LogP contribution < -0.4 is 4.74 Å². The number of carbonyl (C=O) groups is 1. The van der Waals surface area contributed by atoms with E-state index in [-0.39, 0.29) is 17.8 Å². The summed E-state index contributed by atoms with van der Waals surface area (Å²) >= 11 is 0. The van der Waals surface area contributed by atoms with Gasteiger partial charge in [-0.15, -0.1) is 0 Å². The van der Waals surface area contributed by atoms with E-state index in [0.29, 0.717) is 0 Å². The first-order valence-electron chi connectivity index (χ1n) is 11.7. The highest BCUT2D eigenvalue weighted by Gasteiger charge is 2.30. The summed E-state index contributed by atoms with van der Waals surface area (Å²) in [6.07, 6.45) is 5.17. The first-order chi connectivity index (χ1) is 15.7. The van der Waals surface area contributed by atoms with Gasteiger partial charge in [0.1, 0.15) is 11.4 Å². The van der Waals surface area contributed by atoms with E-state index in [2.05, 4.69) is 43.0 Å². The van der Waals surface area contributed by atoms with Crippen LogP contribution in [0.15, 0.2) is 66.9 Å². The van der Waals surface area contributed by atoms with Gasteiger partial charge in [-0.3, -0.25) is 9.78 Å². The van der Waals surface area contributed by atoms with Crippen LogP contribution in [0.25, 0.3) is 21.9 Å². The van der Waals surface area contributed by atoms with Gasteiger partial charge in [0.15, 0.2) is 0 Å². The molecule has 2 aromatic carbocycles. The monoisotopic (exact) mass is 443 g/mol. The average molecular weight is 444 g/mol. The minimum atomic E-state index is -0.457. The van der Waals surface area contributed by atoms with E-state index < -0.39 is 5.60 Å². The highest BCUT2D eigenvalue weighted by molar-refractivity contribution is 5.90. The van der Waals surface area contributed by atoms with Gasteiger partial charge in [-0.2, -0.15) is 0 Å². The maximum absolute atomic E-state index is 12.6. The lowest BCUT2D eigenvalue weighted by Crippen LogP contribution is -2.28. The lowest BCUT2D eigenvalue weighted by Gasteiger charge is -2.23. The number of nitrogens with zero attached hydrogens (tertiary/aromatic N) is 1. The molecule has 1 heterocycles. The Morgan fingerprint density at radius 3 is 2.39 bits per heavy atom. The zero-order valence-electron chi connectivity index (χ0n) is 20.1. The van der Waals surface area contributed by atoms with Crippen LogP contribution in [0.2, 0.25) is 0 Å². The van der Waals surface area contributed by atoms with Gasteiger partial charge >= 0.3 is 5.97 Å². The fourth-order valence-electron chi connectivity index (χ4n) is 4.61. The van der Waals surface area contributed by atoms with Gasteiger partial charge in [0.05, 0.1) is 13.0 Å². The topological polar surface area (TPSA) is 48.4 Å². The van der Waals surface area contributed by atoms with E-state index in [4.69, 9.17) is 14.5 Å². The Bertz CT molecular complexity index is 1160. The van der Waals surface area contributed by atoms with Crippen LogP contribution in [-0.4, -0.2) is 23.7 Å². The molecule has 0 aliphatic heterocycles. The molecule has 0 saturated heterocycles. The molecule has 0 N–H and O–H groups in total. The lowest BCUT2D eigenvalue weighted by molar-refractivity contribution is -0.160. The van der Waals surface area contributed by atoms with E-state index >= 15 is 0 Å². The van der Waals surface area contributed by atoms with Crippen molar-refractivity contribution in [3.8, 4) is 16.9 Å². The van der Waals surface area contributed by atoms with Gasteiger partial charge in [0.25, 0.3) is 0 Å². The zero-order valence-corrected chi connectivity index (χ0v) is 20.1. The molecule has 4 nitrogen and oxygen atoms in total. The maximum atomic E-state index is 12.6. The molecular formula is C29H33NO3. The summed E-state index contributed by atoms with van der Waals surface area (Å²) in [4.78, 5) is 17.4. The predicted molar refractivity (Wildman–Crippen MR) is 133 cm³/mol. The number of allylic oxidation sites excluding steroid dienone is 1. The van der Waals surface area contributed by atoms with Crippen molar-refractivity contribution < 1.29 is 14.3 Å². The number of hydrogen-bond acceptors (Lipinski definition) is 4. The Kier molecular flexibility index (Phi) is 6.55. The number of carbonyl (C=O) groups excluding carboxylic acids is 1. The van der Waals surface area contributed by atoms with Crippen molar-refractivity contribution >= 4 is 16.7 Å². The summed E-state index contributed by atoms with van der Waals surface area (Å²) in [6, 6.07) is 16.7. The first kappa shape index (κ1) is 23.0. The molecule has 1 fully saturated rings. The van der Waals surface area contributed by atoms with Crippen molar-refractivity contribution in [2.24, 2.45) is 5.92 Å². The van der Waals surface area contributed by atoms with Crippen LogP contribution in [-0.2, 0) is 9.53 Å². The molecule has 0 amide bonds. The molecule has 1 aromatic heterocycles. The standard InChI is InChI=1S/C29H33NO3/c1-19-10-11-20(28(31)33-29(2,3)4)12-14-24(19)26-15-13-23(18-30-26)25-16-21-8-6-7-9-22(21)17-27(25)32-5/h6-9,13,15-18,20,24H,1,10-12,14H2,2-5H3. The van der Waals surface area contributed by atoms with Crippen molar-refractivity contribution in [2.75, 3.05) is 7.11 Å². The van der Waals surface area contributed by atoms with Gasteiger partial charge < -0.3 is 9.47 Å². The van der Waals surface area contributed by atoms with Crippen molar-refractivity contribution in [1.29, 1.82) is 0 Å². The molecule has 33 heavy (non-hydrogen) atoms. The Balaban J connectivity index is 1.54. The summed E-state index contributed by atoms with van der Waals surface area (Å²) in [5, 5.41) is 2.32. The van der Waals surface area contributed by atoms with Crippen molar-refractivity contribution in [3.63, 3.8) is 0 Å². The Labute approximate surface area is 196 Å². The molecule has 0 radical (unpaired) electrons. The van der Waals surface area contributed by atoms with E-state index in [1.165, 1.54) is 5.39 Å². The second kappa shape index (κ2) is 9.38. The molecule has 2 atom stereocenters. The number of aromatic nitrogens is 1. The maximum Gasteiger partial charge on any atom is 0.309 e. The Morgan fingerprint density at radius 2 is 1.76 bits per heavy atom. The Hall–Kier alpha value is -3.14. The molecular weight excluding hydrogens is 410 g/mol. The number of ether oxygens (including phenoxy) is 2. The minimum absolute atomic E-state index is 0.0768. The van der Waals surface area contributed by atoms with Gasteiger partial charge in [0.2, 0.25) is 0 Å². The smallest absolute Gasteiger partial charge is 0.309 e. The zero-order chi connectivity index (χ0) is 23.6. The molecule has 0 bridgehead atoms. The largest absolute Gasteiger partial charge is 0.496 e. The third-order valence-electron chi connectivity index (χ3n) is 6.37. The number of benzene rings is 2. The third-order valence-corrected chi connectivity index (χ3v) is 6.37. The fraction of sp³-hybridized carbons (Fsp3) is 0.379. The quantitative estimate of drug-likeness (QED) is 0.245. The van der Waals surface area contributed by atoms with Crippen LogP contribution in [0.5, 0.6) is 5.75 Å². The van der Waals surface area contributed by atoms with Crippen LogP contribution in [0.3, 0.4) is 0 Å². The highest BCUT2D eigenvalue weighted by Crippen LogP contribution is 2.39. The van der Waals surface area contributed by atoms with Gasteiger partial charge in [0, 0.05) is 28.9 Å². The summed E-state index contributed by atoms with van der Waals surface area (Å²) < 4.78 is 11.3. The van der Waals surface area contributed by atoms with Crippen LogP contribution >= 0.6 is 0 Å². The molecule has 4 heteroatoms. The summed E-state index contributed by atoms with van der Waals surface area (Å²) in [5.74, 6) is 0.821. The minimum Gasteiger partial charge on any atom is -0.496 e. The summed E-state index contributed by atoms with van der Waals surface area (Å²) in [7, 11) is 1.70. The van der Waals surface area contributed by atoms with Gasteiger partial charge in [-0.1, -0.05) is 42.5 Å². The van der Waals surface area contributed by atoms with E-state index in [0.717, 1.165) is 59.2 Å². The first-order valence-corrected chi connectivity index (χ1v) is 11.7. The molecule has 4 rings (SSSR count). The molecule has 1 saturated carbocycles. The number of esters is 1. The second-order valence-electron chi connectivity index (χ2n) is 9.93. The molecule has 3 aromatic rings. The van der Waals surface area contributed by atoms with Crippen molar-refractivity contribution in [1.82, 2.24) is 4.98 Å². The molecule has 2 unspecified atom stereocenters. The Morgan fingerprint density at radius 1 is 1.03 bits per heavy atom.